The Kier molecular flexibility index (Phi) is 6.07. The number of methoxy groups -OCH3 is 1. The summed E-state index contributed by atoms with van der Waals surface area (Å²) in [6, 6.07) is 11.0. The van der Waals surface area contributed by atoms with Gasteiger partial charge >= 0.3 is 5.97 Å². The number of carbonyl (C=O) groups is 1. The summed E-state index contributed by atoms with van der Waals surface area (Å²) in [7, 11) is 1.62. The monoisotopic (exact) mass is 329 g/mol. The van der Waals surface area contributed by atoms with E-state index in [4.69, 9.17) is 9.47 Å². The number of anilines is 1. The number of carboxylic acid groups (broad SMARTS) is 1. The van der Waals surface area contributed by atoms with Crippen LogP contribution in [0.5, 0.6) is 11.5 Å². The van der Waals surface area contributed by atoms with Gasteiger partial charge < -0.3 is 19.9 Å². The first-order valence-corrected chi connectivity index (χ1v) is 7.93. The Morgan fingerprint density at radius 1 is 1.21 bits per heavy atom. The zero-order chi connectivity index (χ0) is 17.5. The third kappa shape index (κ3) is 4.19. The summed E-state index contributed by atoms with van der Waals surface area (Å²) >= 11 is 0. The molecule has 0 bridgehead atoms. The minimum absolute atomic E-state index is 0.306. The van der Waals surface area contributed by atoms with E-state index in [-0.39, 0.29) is 0 Å². The van der Waals surface area contributed by atoms with Crippen LogP contribution in [0.25, 0.3) is 0 Å². The normalized spacial score (nSPS) is 10.3. The van der Waals surface area contributed by atoms with Gasteiger partial charge in [0.25, 0.3) is 0 Å². The van der Waals surface area contributed by atoms with Crippen molar-refractivity contribution < 1.29 is 19.4 Å². The SMILES string of the molecule is CCCOc1ccc(CNc2cccc(C(=O)O)c2C)cc1OC. The molecule has 0 fully saturated rings. The zero-order valence-corrected chi connectivity index (χ0v) is 14.3. The number of aromatic carboxylic acids is 1. The van der Waals surface area contributed by atoms with E-state index in [0.717, 1.165) is 29.0 Å². The van der Waals surface area contributed by atoms with E-state index in [0.29, 0.717) is 24.5 Å². The van der Waals surface area contributed by atoms with Crippen LogP contribution < -0.4 is 14.8 Å². The highest BCUT2D eigenvalue weighted by atomic mass is 16.5. The summed E-state index contributed by atoms with van der Waals surface area (Å²) in [6.45, 7) is 5.07. The van der Waals surface area contributed by atoms with E-state index in [1.807, 2.05) is 24.3 Å². The summed E-state index contributed by atoms with van der Waals surface area (Å²) in [5, 5.41) is 12.5. The van der Waals surface area contributed by atoms with Crippen LogP contribution in [0.15, 0.2) is 36.4 Å². The molecule has 0 aromatic heterocycles. The molecule has 128 valence electrons. The lowest BCUT2D eigenvalue weighted by Crippen LogP contribution is -2.06. The second-order valence-electron chi connectivity index (χ2n) is 5.47. The Morgan fingerprint density at radius 2 is 2.00 bits per heavy atom. The number of hydrogen-bond acceptors (Lipinski definition) is 4. The zero-order valence-electron chi connectivity index (χ0n) is 14.3. The highest BCUT2D eigenvalue weighted by Gasteiger charge is 2.10. The van der Waals surface area contributed by atoms with Crippen molar-refractivity contribution >= 4 is 11.7 Å². The predicted molar refractivity (Wildman–Crippen MR) is 94.2 cm³/mol. The summed E-state index contributed by atoms with van der Waals surface area (Å²) in [6.07, 6.45) is 0.936. The molecule has 24 heavy (non-hydrogen) atoms. The van der Waals surface area contributed by atoms with Gasteiger partial charge in [0.15, 0.2) is 11.5 Å². The molecular weight excluding hydrogens is 306 g/mol. The summed E-state index contributed by atoms with van der Waals surface area (Å²) in [5.41, 5.74) is 2.86. The Bertz CT molecular complexity index is 713. The quantitative estimate of drug-likeness (QED) is 0.763. The van der Waals surface area contributed by atoms with E-state index < -0.39 is 5.97 Å². The van der Waals surface area contributed by atoms with Crippen molar-refractivity contribution in [1.82, 2.24) is 0 Å². The molecule has 5 nitrogen and oxygen atoms in total. The van der Waals surface area contributed by atoms with Crippen molar-refractivity contribution in [3.05, 3.63) is 53.1 Å². The van der Waals surface area contributed by atoms with E-state index in [9.17, 15) is 9.90 Å². The third-order valence-corrected chi connectivity index (χ3v) is 3.74. The number of carboxylic acids is 1. The molecule has 0 aliphatic rings. The fourth-order valence-electron chi connectivity index (χ4n) is 2.41. The lowest BCUT2D eigenvalue weighted by atomic mass is 10.1. The van der Waals surface area contributed by atoms with Gasteiger partial charge in [-0.1, -0.05) is 19.1 Å². The Morgan fingerprint density at radius 3 is 2.67 bits per heavy atom. The van der Waals surface area contributed by atoms with Crippen molar-refractivity contribution in [2.24, 2.45) is 0 Å². The van der Waals surface area contributed by atoms with Crippen LogP contribution in [0.2, 0.25) is 0 Å². The van der Waals surface area contributed by atoms with Crippen molar-refractivity contribution in [3.63, 3.8) is 0 Å². The summed E-state index contributed by atoms with van der Waals surface area (Å²) in [5.74, 6) is 0.501. The number of ether oxygens (including phenoxy) is 2. The molecule has 2 aromatic rings. The van der Waals surface area contributed by atoms with Crippen molar-refractivity contribution in [3.8, 4) is 11.5 Å². The molecule has 0 aliphatic heterocycles. The summed E-state index contributed by atoms with van der Waals surface area (Å²) < 4.78 is 11.0. The second kappa shape index (κ2) is 8.24. The van der Waals surface area contributed by atoms with Crippen LogP contribution in [-0.4, -0.2) is 24.8 Å². The molecule has 0 spiro atoms. The molecule has 5 heteroatoms. The maximum Gasteiger partial charge on any atom is 0.336 e. The number of nitrogens with one attached hydrogen (secondary N) is 1. The molecule has 0 radical (unpaired) electrons. The number of hydrogen-bond donors (Lipinski definition) is 2. The Balaban J connectivity index is 2.12. The van der Waals surface area contributed by atoms with E-state index in [2.05, 4.69) is 12.2 Å². The number of benzene rings is 2. The average Bonchev–Trinajstić information content (AvgIpc) is 2.59. The fourth-order valence-corrected chi connectivity index (χ4v) is 2.41. The molecule has 0 aliphatic carbocycles. The first kappa shape index (κ1) is 17.7. The highest BCUT2D eigenvalue weighted by molar-refractivity contribution is 5.91. The highest BCUT2D eigenvalue weighted by Crippen LogP contribution is 2.29. The minimum Gasteiger partial charge on any atom is -0.493 e. The van der Waals surface area contributed by atoms with Crippen LogP contribution in [0.3, 0.4) is 0 Å². The van der Waals surface area contributed by atoms with Gasteiger partial charge in [-0.3, -0.25) is 0 Å². The van der Waals surface area contributed by atoms with Gasteiger partial charge in [0, 0.05) is 12.2 Å². The first-order chi connectivity index (χ1) is 11.6. The van der Waals surface area contributed by atoms with E-state index in [1.165, 1.54) is 0 Å². The summed E-state index contributed by atoms with van der Waals surface area (Å²) in [4.78, 5) is 11.2. The van der Waals surface area contributed by atoms with Crippen LogP contribution in [0.4, 0.5) is 5.69 Å². The van der Waals surface area contributed by atoms with E-state index >= 15 is 0 Å². The molecule has 2 N–H and O–H groups in total. The first-order valence-electron chi connectivity index (χ1n) is 7.93. The van der Waals surface area contributed by atoms with E-state index in [1.54, 1.807) is 26.2 Å². The standard InChI is InChI=1S/C19H23NO4/c1-4-10-24-17-9-8-14(11-18(17)23-3)12-20-16-7-5-6-15(13(16)2)19(21)22/h5-9,11,20H,4,10,12H2,1-3H3,(H,21,22). The Hall–Kier alpha value is -2.69. The molecule has 0 heterocycles. The smallest absolute Gasteiger partial charge is 0.336 e. The van der Waals surface area contributed by atoms with Crippen LogP contribution in [0, 0.1) is 6.92 Å². The fraction of sp³-hybridized carbons (Fsp3) is 0.316. The molecular formula is C19H23NO4. The topological polar surface area (TPSA) is 67.8 Å². The average molecular weight is 329 g/mol. The van der Waals surface area contributed by atoms with Gasteiger partial charge in [0.2, 0.25) is 0 Å². The van der Waals surface area contributed by atoms with Crippen LogP contribution in [-0.2, 0) is 6.54 Å². The van der Waals surface area contributed by atoms with Crippen LogP contribution in [0.1, 0.15) is 34.8 Å². The van der Waals surface area contributed by atoms with Crippen molar-refractivity contribution in [2.45, 2.75) is 26.8 Å². The second-order valence-corrected chi connectivity index (χ2v) is 5.47. The molecule has 0 saturated carbocycles. The van der Waals surface area contributed by atoms with Gasteiger partial charge in [-0.25, -0.2) is 4.79 Å². The maximum absolute atomic E-state index is 11.2. The Labute approximate surface area is 142 Å². The molecule has 0 atom stereocenters. The largest absolute Gasteiger partial charge is 0.493 e. The molecule has 2 rings (SSSR count). The van der Waals surface area contributed by atoms with Gasteiger partial charge in [-0.15, -0.1) is 0 Å². The van der Waals surface area contributed by atoms with Gasteiger partial charge in [0.05, 0.1) is 19.3 Å². The number of rotatable bonds is 8. The third-order valence-electron chi connectivity index (χ3n) is 3.74. The van der Waals surface area contributed by atoms with Gasteiger partial charge in [0.1, 0.15) is 0 Å². The lowest BCUT2D eigenvalue weighted by Gasteiger charge is -2.14. The van der Waals surface area contributed by atoms with Crippen molar-refractivity contribution in [2.75, 3.05) is 19.0 Å². The van der Waals surface area contributed by atoms with Gasteiger partial charge in [-0.2, -0.15) is 0 Å². The predicted octanol–water partition coefficient (Wildman–Crippen LogP) is 4.10. The van der Waals surface area contributed by atoms with Gasteiger partial charge in [-0.05, 0) is 48.7 Å². The maximum atomic E-state index is 11.2. The molecule has 2 aromatic carbocycles. The molecule has 0 saturated heterocycles. The van der Waals surface area contributed by atoms with Crippen LogP contribution >= 0.6 is 0 Å². The molecule has 0 unspecified atom stereocenters. The van der Waals surface area contributed by atoms with Crippen molar-refractivity contribution in [1.29, 1.82) is 0 Å². The lowest BCUT2D eigenvalue weighted by molar-refractivity contribution is 0.0696. The minimum atomic E-state index is -0.921. The molecule has 0 amide bonds.